The van der Waals surface area contributed by atoms with Crippen LogP contribution in [0.5, 0.6) is 0 Å². The van der Waals surface area contributed by atoms with Crippen LogP contribution < -0.4 is 5.56 Å². The summed E-state index contributed by atoms with van der Waals surface area (Å²) in [6.07, 6.45) is 6.37. The van der Waals surface area contributed by atoms with Gasteiger partial charge in [0.2, 0.25) is 0 Å². The van der Waals surface area contributed by atoms with Crippen LogP contribution >= 0.6 is 0 Å². The molecule has 1 aliphatic heterocycles. The second-order valence-corrected chi connectivity index (χ2v) is 4.16. The van der Waals surface area contributed by atoms with E-state index in [1.54, 1.807) is 6.20 Å². The standard InChI is InChI=1S/C12H13N3O2/c1-8-7-15-10(12(16)14-8)6-13-11(15)9-2-4-17-5-3-9/h2,6-7H,3-5H2,1H3,(H,14,16). The Bertz CT molecular complexity index is 651. The Morgan fingerprint density at radius 2 is 2.41 bits per heavy atom. The van der Waals surface area contributed by atoms with Gasteiger partial charge in [0.05, 0.1) is 19.4 Å². The lowest BCUT2D eigenvalue weighted by Gasteiger charge is -2.12. The zero-order valence-electron chi connectivity index (χ0n) is 9.56. The summed E-state index contributed by atoms with van der Waals surface area (Å²) in [7, 11) is 0. The molecule has 2 aromatic heterocycles. The molecule has 0 amide bonds. The highest BCUT2D eigenvalue weighted by Crippen LogP contribution is 2.20. The number of aromatic nitrogens is 3. The third-order valence-corrected chi connectivity index (χ3v) is 2.91. The number of hydrogen-bond donors (Lipinski definition) is 1. The second-order valence-electron chi connectivity index (χ2n) is 4.16. The van der Waals surface area contributed by atoms with Gasteiger partial charge in [-0.2, -0.15) is 0 Å². The first-order valence-electron chi connectivity index (χ1n) is 5.60. The van der Waals surface area contributed by atoms with Gasteiger partial charge in [0.1, 0.15) is 11.3 Å². The van der Waals surface area contributed by atoms with Gasteiger partial charge >= 0.3 is 0 Å². The Kier molecular flexibility index (Phi) is 2.33. The van der Waals surface area contributed by atoms with Crippen LogP contribution in [0.2, 0.25) is 0 Å². The molecule has 0 radical (unpaired) electrons. The summed E-state index contributed by atoms with van der Waals surface area (Å²) >= 11 is 0. The molecule has 88 valence electrons. The lowest BCUT2D eigenvalue weighted by Crippen LogP contribution is -2.12. The molecule has 2 aromatic rings. The van der Waals surface area contributed by atoms with Gasteiger partial charge in [0.25, 0.3) is 5.56 Å². The molecule has 17 heavy (non-hydrogen) atoms. The van der Waals surface area contributed by atoms with E-state index < -0.39 is 0 Å². The Balaban J connectivity index is 2.24. The van der Waals surface area contributed by atoms with E-state index in [1.807, 2.05) is 23.6 Å². The van der Waals surface area contributed by atoms with E-state index in [0.29, 0.717) is 18.7 Å². The highest BCUT2D eigenvalue weighted by molar-refractivity contribution is 5.64. The number of fused-ring (bicyclic) bond motifs is 1. The Labute approximate surface area is 97.8 Å². The maximum atomic E-state index is 11.7. The van der Waals surface area contributed by atoms with Gasteiger partial charge in [-0.25, -0.2) is 4.98 Å². The van der Waals surface area contributed by atoms with Crippen molar-refractivity contribution in [3.8, 4) is 0 Å². The van der Waals surface area contributed by atoms with Gasteiger partial charge in [-0.15, -0.1) is 0 Å². The van der Waals surface area contributed by atoms with Crippen molar-refractivity contribution in [2.24, 2.45) is 0 Å². The second kappa shape index (κ2) is 3.85. The molecule has 0 spiro atoms. The van der Waals surface area contributed by atoms with Gasteiger partial charge in [0.15, 0.2) is 0 Å². The topological polar surface area (TPSA) is 59.4 Å². The van der Waals surface area contributed by atoms with E-state index in [-0.39, 0.29) is 5.56 Å². The zero-order chi connectivity index (χ0) is 11.8. The highest BCUT2D eigenvalue weighted by atomic mass is 16.5. The van der Waals surface area contributed by atoms with Gasteiger partial charge in [0, 0.05) is 11.9 Å². The molecule has 5 nitrogen and oxygen atoms in total. The highest BCUT2D eigenvalue weighted by Gasteiger charge is 2.13. The van der Waals surface area contributed by atoms with E-state index in [0.717, 1.165) is 23.5 Å². The number of hydrogen-bond acceptors (Lipinski definition) is 3. The van der Waals surface area contributed by atoms with Crippen molar-refractivity contribution in [1.29, 1.82) is 0 Å². The van der Waals surface area contributed by atoms with Crippen molar-refractivity contribution < 1.29 is 4.74 Å². The van der Waals surface area contributed by atoms with Crippen molar-refractivity contribution in [3.05, 3.63) is 40.3 Å². The molecule has 0 aromatic carbocycles. The number of aryl methyl sites for hydroxylation is 1. The number of ether oxygens (including phenoxy) is 1. The summed E-state index contributed by atoms with van der Waals surface area (Å²) in [6, 6.07) is 0. The maximum absolute atomic E-state index is 11.7. The van der Waals surface area contributed by atoms with Crippen LogP contribution in [-0.4, -0.2) is 27.6 Å². The zero-order valence-corrected chi connectivity index (χ0v) is 9.56. The van der Waals surface area contributed by atoms with Crippen LogP contribution in [0, 0.1) is 6.92 Å². The summed E-state index contributed by atoms with van der Waals surface area (Å²) in [5.74, 6) is 0.845. The largest absolute Gasteiger partial charge is 0.377 e. The van der Waals surface area contributed by atoms with E-state index in [4.69, 9.17) is 4.74 Å². The predicted molar refractivity (Wildman–Crippen MR) is 64.0 cm³/mol. The summed E-state index contributed by atoms with van der Waals surface area (Å²) in [5.41, 5.74) is 2.45. The minimum Gasteiger partial charge on any atom is -0.377 e. The fraction of sp³-hybridized carbons (Fsp3) is 0.333. The lowest BCUT2D eigenvalue weighted by atomic mass is 10.1. The Hall–Kier alpha value is -1.88. The van der Waals surface area contributed by atoms with Crippen LogP contribution in [0.4, 0.5) is 0 Å². The molecular weight excluding hydrogens is 218 g/mol. The smallest absolute Gasteiger partial charge is 0.274 e. The van der Waals surface area contributed by atoms with E-state index in [1.165, 1.54) is 0 Å². The molecular formula is C12H13N3O2. The number of aromatic amines is 1. The van der Waals surface area contributed by atoms with Gasteiger partial charge in [-0.05, 0) is 18.9 Å². The van der Waals surface area contributed by atoms with Crippen molar-refractivity contribution in [2.45, 2.75) is 13.3 Å². The Morgan fingerprint density at radius 3 is 3.18 bits per heavy atom. The average Bonchev–Trinajstić information content (AvgIpc) is 2.74. The molecule has 0 saturated carbocycles. The minimum absolute atomic E-state index is 0.101. The Morgan fingerprint density at radius 1 is 1.53 bits per heavy atom. The van der Waals surface area contributed by atoms with Crippen LogP contribution in [0.1, 0.15) is 17.9 Å². The molecule has 1 N–H and O–H groups in total. The monoisotopic (exact) mass is 231 g/mol. The SMILES string of the molecule is Cc1cn2c(C3=CCOCC3)ncc2c(=O)[nH]1. The van der Waals surface area contributed by atoms with Crippen molar-refractivity contribution in [1.82, 2.24) is 14.4 Å². The van der Waals surface area contributed by atoms with Crippen molar-refractivity contribution in [2.75, 3.05) is 13.2 Å². The molecule has 0 unspecified atom stereocenters. The molecule has 1 aliphatic rings. The number of nitrogens with zero attached hydrogens (tertiary/aromatic N) is 2. The molecule has 0 aliphatic carbocycles. The average molecular weight is 231 g/mol. The molecule has 0 bridgehead atoms. The summed E-state index contributed by atoms with van der Waals surface area (Å²) < 4.78 is 7.13. The predicted octanol–water partition coefficient (Wildman–Crippen LogP) is 1.13. The van der Waals surface area contributed by atoms with Gasteiger partial charge < -0.3 is 9.72 Å². The molecule has 5 heteroatoms. The van der Waals surface area contributed by atoms with Crippen molar-refractivity contribution >= 4 is 11.1 Å². The molecule has 0 saturated heterocycles. The summed E-state index contributed by atoms with van der Waals surface area (Å²) in [6.45, 7) is 3.19. The van der Waals surface area contributed by atoms with E-state index in [9.17, 15) is 4.79 Å². The summed E-state index contributed by atoms with van der Waals surface area (Å²) in [5, 5.41) is 0. The fourth-order valence-electron chi connectivity index (χ4n) is 2.10. The van der Waals surface area contributed by atoms with Gasteiger partial charge in [-0.3, -0.25) is 9.20 Å². The first-order valence-corrected chi connectivity index (χ1v) is 5.60. The van der Waals surface area contributed by atoms with Crippen LogP contribution in [0.3, 0.4) is 0 Å². The quantitative estimate of drug-likeness (QED) is 0.800. The molecule has 3 heterocycles. The maximum Gasteiger partial charge on any atom is 0.274 e. The van der Waals surface area contributed by atoms with Gasteiger partial charge in [-0.1, -0.05) is 6.08 Å². The van der Waals surface area contributed by atoms with E-state index >= 15 is 0 Å². The molecule has 0 fully saturated rings. The fourth-order valence-corrected chi connectivity index (χ4v) is 2.10. The summed E-state index contributed by atoms with van der Waals surface area (Å²) in [4.78, 5) is 18.8. The molecule has 0 atom stereocenters. The number of H-pyrrole nitrogens is 1. The lowest BCUT2D eigenvalue weighted by molar-refractivity contribution is 0.161. The minimum atomic E-state index is -0.101. The normalized spacial score (nSPS) is 16.2. The molecule has 3 rings (SSSR count). The van der Waals surface area contributed by atoms with Crippen LogP contribution in [-0.2, 0) is 4.74 Å². The number of nitrogens with one attached hydrogen (secondary N) is 1. The van der Waals surface area contributed by atoms with Crippen LogP contribution in [0.25, 0.3) is 11.1 Å². The third-order valence-electron chi connectivity index (χ3n) is 2.91. The number of imidazole rings is 1. The number of rotatable bonds is 1. The van der Waals surface area contributed by atoms with Crippen molar-refractivity contribution in [3.63, 3.8) is 0 Å². The third kappa shape index (κ3) is 1.68. The van der Waals surface area contributed by atoms with Crippen LogP contribution in [0.15, 0.2) is 23.3 Å². The first kappa shape index (κ1) is 10.3. The first-order chi connectivity index (χ1) is 8.25. The van der Waals surface area contributed by atoms with E-state index in [2.05, 4.69) is 9.97 Å².